The fraction of sp³-hybridized carbons (Fsp3) is 0.462. The van der Waals surface area contributed by atoms with Gasteiger partial charge in [-0.15, -0.1) is 0 Å². The summed E-state index contributed by atoms with van der Waals surface area (Å²) < 4.78 is 11.9. The van der Waals surface area contributed by atoms with Gasteiger partial charge in [0, 0.05) is 17.7 Å². The van der Waals surface area contributed by atoms with Gasteiger partial charge in [-0.2, -0.15) is 0 Å². The molecule has 0 aromatic heterocycles. The molecule has 0 N–H and O–H groups in total. The van der Waals surface area contributed by atoms with Gasteiger partial charge in [-0.3, -0.25) is 10.1 Å². The standard InChI is InChI=1S/C26H29NO4/c1-30-24-13-12-21(19-25(24)31-23-10-3-4-11-23)26(15-5-2-6-16-26)17-14-20-8-7-9-22(18-20)27(28)29/h7-9,12-13,18-19,23H,2-6,10-11,15-16H2,1H3. The second kappa shape index (κ2) is 9.43. The zero-order valence-electron chi connectivity index (χ0n) is 18.1. The second-order valence-corrected chi connectivity index (χ2v) is 8.59. The van der Waals surface area contributed by atoms with E-state index in [2.05, 4.69) is 24.0 Å². The summed E-state index contributed by atoms with van der Waals surface area (Å²) in [5.41, 5.74) is 1.62. The zero-order chi connectivity index (χ0) is 21.7. The minimum absolute atomic E-state index is 0.0705. The van der Waals surface area contributed by atoms with Crippen LogP contribution in [0.4, 0.5) is 5.69 Å². The van der Waals surface area contributed by atoms with Gasteiger partial charge in [0.15, 0.2) is 11.5 Å². The maximum atomic E-state index is 11.1. The average Bonchev–Trinajstić information content (AvgIpc) is 3.31. The van der Waals surface area contributed by atoms with Gasteiger partial charge in [-0.05, 0) is 62.3 Å². The Balaban J connectivity index is 1.69. The Hall–Kier alpha value is -3.00. The molecule has 5 nitrogen and oxygen atoms in total. The van der Waals surface area contributed by atoms with Gasteiger partial charge in [0.1, 0.15) is 0 Å². The molecule has 0 spiro atoms. The fourth-order valence-corrected chi connectivity index (χ4v) is 4.78. The first-order chi connectivity index (χ1) is 15.1. The fourth-order valence-electron chi connectivity index (χ4n) is 4.78. The molecular weight excluding hydrogens is 390 g/mol. The summed E-state index contributed by atoms with van der Waals surface area (Å²) in [6.07, 6.45) is 10.3. The molecule has 0 unspecified atom stereocenters. The molecule has 31 heavy (non-hydrogen) atoms. The van der Waals surface area contributed by atoms with Gasteiger partial charge < -0.3 is 9.47 Å². The van der Waals surface area contributed by atoms with E-state index >= 15 is 0 Å². The van der Waals surface area contributed by atoms with Crippen LogP contribution in [0, 0.1) is 22.0 Å². The topological polar surface area (TPSA) is 61.6 Å². The lowest BCUT2D eigenvalue weighted by Crippen LogP contribution is -2.27. The Morgan fingerprint density at radius 3 is 2.48 bits per heavy atom. The first-order valence-corrected chi connectivity index (χ1v) is 11.2. The van der Waals surface area contributed by atoms with Crippen molar-refractivity contribution < 1.29 is 14.4 Å². The molecule has 0 heterocycles. The highest BCUT2D eigenvalue weighted by Crippen LogP contribution is 2.43. The molecule has 0 atom stereocenters. The van der Waals surface area contributed by atoms with Gasteiger partial charge in [-0.1, -0.05) is 43.2 Å². The van der Waals surface area contributed by atoms with E-state index in [4.69, 9.17) is 9.47 Å². The molecule has 0 aliphatic heterocycles. The van der Waals surface area contributed by atoms with E-state index in [1.807, 2.05) is 12.1 Å². The number of nitro groups is 1. The quantitative estimate of drug-likeness (QED) is 0.330. The van der Waals surface area contributed by atoms with Crippen molar-refractivity contribution in [3.8, 4) is 23.3 Å². The number of non-ortho nitro benzene ring substituents is 1. The van der Waals surface area contributed by atoms with Crippen LogP contribution in [-0.4, -0.2) is 18.1 Å². The molecule has 2 aliphatic rings. The molecule has 2 aromatic carbocycles. The van der Waals surface area contributed by atoms with E-state index in [0.717, 1.165) is 55.6 Å². The summed E-state index contributed by atoms with van der Waals surface area (Å²) in [5.74, 6) is 8.32. The first kappa shape index (κ1) is 21.2. The normalized spacial score (nSPS) is 18.1. The van der Waals surface area contributed by atoms with Gasteiger partial charge in [-0.25, -0.2) is 0 Å². The number of nitrogens with zero attached hydrogens (tertiary/aromatic N) is 1. The van der Waals surface area contributed by atoms with Crippen LogP contribution in [0.25, 0.3) is 0 Å². The lowest BCUT2D eigenvalue weighted by atomic mass is 9.70. The average molecular weight is 420 g/mol. The lowest BCUT2D eigenvalue weighted by Gasteiger charge is -2.33. The number of methoxy groups -OCH3 is 1. The second-order valence-electron chi connectivity index (χ2n) is 8.59. The van der Waals surface area contributed by atoms with Gasteiger partial charge in [0.05, 0.1) is 23.6 Å². The number of hydrogen-bond acceptors (Lipinski definition) is 4. The lowest BCUT2D eigenvalue weighted by molar-refractivity contribution is -0.384. The summed E-state index contributed by atoms with van der Waals surface area (Å²) in [7, 11) is 1.68. The smallest absolute Gasteiger partial charge is 0.270 e. The Morgan fingerprint density at radius 1 is 1.00 bits per heavy atom. The van der Waals surface area contributed by atoms with Crippen LogP contribution in [-0.2, 0) is 5.41 Å². The molecule has 0 bridgehead atoms. The van der Waals surface area contributed by atoms with E-state index in [1.54, 1.807) is 19.2 Å². The minimum Gasteiger partial charge on any atom is -0.493 e. The van der Waals surface area contributed by atoms with Gasteiger partial charge in [0.2, 0.25) is 0 Å². The van der Waals surface area contributed by atoms with E-state index in [-0.39, 0.29) is 22.1 Å². The number of rotatable bonds is 5. The molecule has 4 rings (SSSR count). The third-order valence-electron chi connectivity index (χ3n) is 6.52. The van der Waals surface area contributed by atoms with Crippen molar-refractivity contribution in [3.63, 3.8) is 0 Å². The zero-order valence-corrected chi connectivity index (χ0v) is 18.1. The van der Waals surface area contributed by atoms with Gasteiger partial charge in [0.25, 0.3) is 5.69 Å². The highest BCUT2D eigenvalue weighted by atomic mass is 16.6. The van der Waals surface area contributed by atoms with Crippen LogP contribution in [0.1, 0.15) is 68.9 Å². The van der Waals surface area contributed by atoms with Crippen LogP contribution < -0.4 is 9.47 Å². The molecule has 5 heteroatoms. The highest BCUT2D eigenvalue weighted by molar-refractivity contribution is 5.50. The van der Waals surface area contributed by atoms with Crippen molar-refractivity contribution >= 4 is 5.69 Å². The van der Waals surface area contributed by atoms with Crippen molar-refractivity contribution in [1.82, 2.24) is 0 Å². The Bertz CT molecular complexity index is 992. The van der Waals surface area contributed by atoms with Crippen LogP contribution in [0.2, 0.25) is 0 Å². The summed E-state index contributed by atoms with van der Waals surface area (Å²) >= 11 is 0. The molecule has 2 fully saturated rings. The van der Waals surface area contributed by atoms with Crippen LogP contribution in [0.15, 0.2) is 42.5 Å². The van der Waals surface area contributed by atoms with Crippen LogP contribution >= 0.6 is 0 Å². The summed E-state index contributed by atoms with van der Waals surface area (Å²) in [4.78, 5) is 10.7. The predicted octanol–water partition coefficient (Wildman–Crippen LogP) is 6.18. The van der Waals surface area contributed by atoms with E-state index in [9.17, 15) is 10.1 Å². The number of benzene rings is 2. The number of nitro benzene ring substituents is 1. The summed E-state index contributed by atoms with van der Waals surface area (Å²) in [6.45, 7) is 0. The monoisotopic (exact) mass is 419 g/mol. The molecular formula is C26H29NO4. The Labute approximate surface area is 183 Å². The maximum absolute atomic E-state index is 11.1. The Morgan fingerprint density at radius 2 is 1.77 bits per heavy atom. The van der Waals surface area contributed by atoms with Gasteiger partial charge >= 0.3 is 0 Å². The number of ether oxygens (including phenoxy) is 2. The van der Waals surface area contributed by atoms with Crippen molar-refractivity contribution in [2.24, 2.45) is 0 Å². The molecule has 2 saturated carbocycles. The third-order valence-corrected chi connectivity index (χ3v) is 6.52. The van der Waals surface area contributed by atoms with E-state index in [1.165, 1.54) is 25.3 Å². The SMILES string of the molecule is COc1ccc(C2(C#Cc3cccc([N+](=O)[O-])c3)CCCCC2)cc1OC1CCCC1. The highest BCUT2D eigenvalue weighted by Gasteiger charge is 2.33. The molecule has 0 amide bonds. The molecule has 162 valence electrons. The van der Waals surface area contributed by atoms with Crippen LogP contribution in [0.3, 0.4) is 0 Å². The first-order valence-electron chi connectivity index (χ1n) is 11.2. The largest absolute Gasteiger partial charge is 0.493 e. The predicted molar refractivity (Wildman–Crippen MR) is 121 cm³/mol. The summed E-state index contributed by atoms with van der Waals surface area (Å²) in [5, 5.41) is 11.1. The van der Waals surface area contributed by atoms with Crippen molar-refractivity contribution in [1.29, 1.82) is 0 Å². The maximum Gasteiger partial charge on any atom is 0.270 e. The third kappa shape index (κ3) is 4.85. The molecule has 2 aromatic rings. The van der Waals surface area contributed by atoms with E-state index in [0.29, 0.717) is 5.56 Å². The Kier molecular flexibility index (Phi) is 6.46. The number of hydrogen-bond donors (Lipinski definition) is 0. The minimum atomic E-state index is -0.377. The summed E-state index contributed by atoms with van der Waals surface area (Å²) in [6, 6.07) is 12.8. The van der Waals surface area contributed by atoms with Crippen molar-refractivity contribution in [2.45, 2.75) is 69.3 Å². The molecule has 0 saturated heterocycles. The van der Waals surface area contributed by atoms with Crippen molar-refractivity contribution in [2.75, 3.05) is 7.11 Å². The van der Waals surface area contributed by atoms with Crippen LogP contribution in [0.5, 0.6) is 11.5 Å². The van der Waals surface area contributed by atoms with E-state index < -0.39 is 0 Å². The van der Waals surface area contributed by atoms with Crippen molar-refractivity contribution in [3.05, 3.63) is 63.7 Å². The molecule has 2 aliphatic carbocycles. The molecule has 0 radical (unpaired) electrons.